The summed E-state index contributed by atoms with van der Waals surface area (Å²) in [5.41, 5.74) is 0.594. The number of aliphatic hydroxyl groups excluding tert-OH is 2. The van der Waals surface area contributed by atoms with Gasteiger partial charge in [0.05, 0.1) is 36.6 Å². The van der Waals surface area contributed by atoms with Crippen molar-refractivity contribution in [3.05, 3.63) is 11.6 Å². The summed E-state index contributed by atoms with van der Waals surface area (Å²) in [7, 11) is 0. The van der Waals surface area contributed by atoms with Crippen molar-refractivity contribution in [2.75, 3.05) is 0 Å². The molecule has 42 heavy (non-hydrogen) atoms. The van der Waals surface area contributed by atoms with Crippen LogP contribution in [0.3, 0.4) is 0 Å². The summed E-state index contributed by atoms with van der Waals surface area (Å²) in [4.78, 5) is 11.7. The Morgan fingerprint density at radius 2 is 1.29 bits per heavy atom. The molecule has 0 aromatic rings. The van der Waals surface area contributed by atoms with Gasteiger partial charge >= 0.3 is 5.97 Å². The topological polar surface area (TPSA) is 85.2 Å². The Labute approximate surface area is 255 Å². The zero-order chi connectivity index (χ0) is 30.2. The summed E-state index contributed by atoms with van der Waals surface area (Å²) < 4.78 is 32.4. The van der Waals surface area contributed by atoms with E-state index in [0.717, 1.165) is 77.0 Å². The van der Waals surface area contributed by atoms with Crippen molar-refractivity contribution in [2.24, 2.45) is 0 Å². The van der Waals surface area contributed by atoms with Crippen LogP contribution >= 0.6 is 0 Å². The van der Waals surface area contributed by atoms with Crippen molar-refractivity contribution >= 4 is 5.97 Å². The van der Waals surface area contributed by atoms with Gasteiger partial charge in [0, 0.05) is 12.0 Å². The second kappa shape index (κ2) is 20.1. The minimum absolute atomic E-state index is 0.00814. The van der Waals surface area contributed by atoms with Gasteiger partial charge in [0.1, 0.15) is 12.3 Å². The fourth-order valence-electron chi connectivity index (χ4n) is 6.90. The maximum Gasteiger partial charge on any atom is 0.334 e. The minimum Gasteiger partial charge on any atom is -0.455 e. The van der Waals surface area contributed by atoms with E-state index in [1.54, 1.807) is 6.08 Å². The lowest BCUT2D eigenvalue weighted by molar-refractivity contribution is -0.139. The number of hydrogen-bond acceptors (Lipinski definition) is 6. The average Bonchev–Trinajstić information content (AvgIpc) is 3.72. The van der Waals surface area contributed by atoms with E-state index in [4.69, 9.17) is 14.2 Å². The van der Waals surface area contributed by atoms with Crippen LogP contribution in [0.25, 0.3) is 0 Å². The Balaban J connectivity index is 1.16. The Morgan fingerprint density at radius 1 is 0.762 bits per heavy atom. The molecule has 0 aromatic heterocycles. The van der Waals surface area contributed by atoms with Crippen LogP contribution in [0.4, 0.5) is 4.39 Å². The number of ether oxygens (including phenoxy) is 3. The van der Waals surface area contributed by atoms with Gasteiger partial charge in [-0.25, -0.2) is 9.18 Å². The second-order valence-electron chi connectivity index (χ2n) is 13.3. The number of carbonyl (C=O) groups is 1. The molecule has 0 unspecified atom stereocenters. The molecule has 2 N–H and O–H groups in total. The molecule has 8 atom stereocenters. The maximum absolute atomic E-state index is 14.9. The van der Waals surface area contributed by atoms with E-state index in [1.807, 2.05) is 6.92 Å². The smallest absolute Gasteiger partial charge is 0.334 e. The van der Waals surface area contributed by atoms with E-state index in [0.29, 0.717) is 24.8 Å². The van der Waals surface area contributed by atoms with Crippen molar-refractivity contribution in [3.8, 4) is 0 Å². The van der Waals surface area contributed by atoms with E-state index in [-0.39, 0.29) is 36.5 Å². The fraction of sp³-hybridized carbons (Fsp3) is 0.914. The highest BCUT2D eigenvalue weighted by Gasteiger charge is 2.41. The molecule has 3 rings (SSSR count). The fourth-order valence-corrected chi connectivity index (χ4v) is 6.90. The number of cyclic esters (lactones) is 1. The first kappa shape index (κ1) is 35.5. The van der Waals surface area contributed by atoms with E-state index >= 15 is 0 Å². The summed E-state index contributed by atoms with van der Waals surface area (Å²) in [6.07, 6.45) is 21.3. The van der Waals surface area contributed by atoms with Crippen LogP contribution in [-0.2, 0) is 19.0 Å². The monoisotopic (exact) mass is 595 g/mol. The number of aliphatic hydroxyl groups is 2. The van der Waals surface area contributed by atoms with Crippen LogP contribution in [0.5, 0.6) is 0 Å². The number of halogens is 1. The highest BCUT2D eigenvalue weighted by Crippen LogP contribution is 2.35. The molecular formula is C35H61FO6. The molecule has 0 aliphatic carbocycles. The van der Waals surface area contributed by atoms with Crippen molar-refractivity contribution in [1.82, 2.24) is 0 Å². The third-order valence-corrected chi connectivity index (χ3v) is 9.49. The van der Waals surface area contributed by atoms with Crippen LogP contribution in [0.1, 0.15) is 155 Å². The number of rotatable bonds is 23. The molecule has 0 radical (unpaired) electrons. The third kappa shape index (κ3) is 12.9. The molecule has 0 bridgehead atoms. The highest BCUT2D eigenvalue weighted by molar-refractivity contribution is 5.90. The summed E-state index contributed by atoms with van der Waals surface area (Å²) in [5.74, 6) is -0.300. The Morgan fingerprint density at radius 3 is 1.88 bits per heavy atom. The van der Waals surface area contributed by atoms with Crippen molar-refractivity contribution < 1.29 is 33.6 Å². The highest BCUT2D eigenvalue weighted by atomic mass is 18.2. The van der Waals surface area contributed by atoms with Crippen LogP contribution in [0.15, 0.2) is 11.6 Å². The first-order valence-electron chi connectivity index (χ1n) is 17.6. The predicted molar refractivity (Wildman–Crippen MR) is 165 cm³/mol. The normalized spacial score (nSPS) is 28.2. The second-order valence-corrected chi connectivity index (χ2v) is 13.3. The summed E-state index contributed by atoms with van der Waals surface area (Å²) in [6, 6.07) is 0. The molecule has 2 fully saturated rings. The lowest BCUT2D eigenvalue weighted by Gasteiger charge is -2.23. The lowest BCUT2D eigenvalue weighted by atomic mass is 10.00. The first-order chi connectivity index (χ1) is 20.4. The molecule has 0 aromatic carbocycles. The number of alkyl halides is 1. The number of hydrogen-bond donors (Lipinski definition) is 2. The standard InChI is InChI=1S/C35H61FO6/c1-3-4-5-6-7-8-13-16-19-30(38)32-21-23-34(42-32)33-22-20-31(41-33)29(36)18-15-12-10-9-11-14-17-28(37)25-27-24-26(2)40-35(27)39/h24,26,28-34,37-38H,3-23,25H2,1-2H3/t26-,28+,29+,30+,31+,32+,33+,34+/m0/s1/i36-1. The zero-order valence-corrected chi connectivity index (χ0v) is 26.7. The summed E-state index contributed by atoms with van der Waals surface area (Å²) in [6.45, 7) is 4.07. The summed E-state index contributed by atoms with van der Waals surface area (Å²) >= 11 is 0. The molecule has 0 spiro atoms. The Hall–Kier alpha value is -1.02. The van der Waals surface area contributed by atoms with Gasteiger partial charge in [0.2, 0.25) is 0 Å². The quantitative estimate of drug-likeness (QED) is 0.0918. The van der Waals surface area contributed by atoms with Gasteiger partial charge in [-0.1, -0.05) is 96.8 Å². The number of carbonyl (C=O) groups excluding carboxylic acids is 1. The van der Waals surface area contributed by atoms with Gasteiger partial charge in [-0.15, -0.1) is 0 Å². The van der Waals surface area contributed by atoms with Crippen molar-refractivity contribution in [1.29, 1.82) is 0 Å². The van der Waals surface area contributed by atoms with Gasteiger partial charge in [-0.05, 0) is 57.9 Å². The van der Waals surface area contributed by atoms with E-state index in [2.05, 4.69) is 6.92 Å². The van der Waals surface area contributed by atoms with Crippen molar-refractivity contribution in [3.63, 3.8) is 0 Å². The van der Waals surface area contributed by atoms with Gasteiger partial charge < -0.3 is 24.4 Å². The van der Waals surface area contributed by atoms with Crippen LogP contribution in [0, 0.1) is 0 Å². The van der Waals surface area contributed by atoms with Gasteiger partial charge in [0.15, 0.2) is 0 Å². The molecule has 3 heterocycles. The maximum atomic E-state index is 14.9. The minimum atomic E-state index is -0.922. The first-order valence-corrected chi connectivity index (χ1v) is 17.6. The van der Waals surface area contributed by atoms with E-state index < -0.39 is 18.4 Å². The van der Waals surface area contributed by atoms with Gasteiger partial charge in [-0.3, -0.25) is 0 Å². The largest absolute Gasteiger partial charge is 0.455 e. The Kier molecular flexibility index (Phi) is 17.0. The van der Waals surface area contributed by atoms with E-state index in [1.165, 1.54) is 44.9 Å². The average molecular weight is 596 g/mol. The van der Waals surface area contributed by atoms with E-state index in [9.17, 15) is 19.4 Å². The summed E-state index contributed by atoms with van der Waals surface area (Å²) in [5, 5.41) is 20.8. The molecule has 244 valence electrons. The van der Waals surface area contributed by atoms with Gasteiger partial charge in [0.25, 0.3) is 0 Å². The number of esters is 1. The lowest BCUT2D eigenvalue weighted by Crippen LogP contribution is -2.32. The van der Waals surface area contributed by atoms with Gasteiger partial charge in [-0.2, -0.15) is 0 Å². The van der Waals surface area contributed by atoms with Crippen LogP contribution in [-0.4, -0.2) is 65.1 Å². The molecule has 0 saturated carbocycles. The van der Waals surface area contributed by atoms with Crippen LogP contribution < -0.4 is 0 Å². The molecule has 0 amide bonds. The molecule has 7 heteroatoms. The zero-order valence-electron chi connectivity index (χ0n) is 26.7. The van der Waals surface area contributed by atoms with Crippen LogP contribution in [0.2, 0.25) is 0 Å². The third-order valence-electron chi connectivity index (χ3n) is 9.49. The molecule has 3 aliphatic heterocycles. The molecule has 2 saturated heterocycles. The SMILES string of the molecule is CCCCCCCCCC[C@@H](O)[C@H]1CC[C@H]([C@H]2CC[C@H]([C@H]([18F])CCCCCCCC[C@@H](O)CC3=C[C@H](C)OC3=O)O2)O1. The molecule has 6 nitrogen and oxygen atoms in total. The predicted octanol–water partition coefficient (Wildman–Crippen LogP) is 8.05. The molecular weight excluding hydrogens is 534 g/mol. The molecule has 3 aliphatic rings. The van der Waals surface area contributed by atoms with Crippen molar-refractivity contribution in [2.45, 2.75) is 204 Å². The number of unbranched alkanes of at least 4 members (excludes halogenated alkanes) is 12. The Bertz CT molecular complexity index is 775.